The lowest BCUT2D eigenvalue weighted by molar-refractivity contribution is -0.123. The number of aryl methyl sites for hydroxylation is 1. The van der Waals surface area contributed by atoms with Gasteiger partial charge in [0.15, 0.2) is 6.61 Å². The van der Waals surface area contributed by atoms with Gasteiger partial charge in [-0.3, -0.25) is 4.79 Å². The number of halogens is 1. The number of nitrogens with zero attached hydrogens (tertiary/aromatic N) is 1. The van der Waals surface area contributed by atoms with Crippen molar-refractivity contribution >= 4 is 23.7 Å². The van der Waals surface area contributed by atoms with E-state index in [1.165, 1.54) is 11.8 Å². The van der Waals surface area contributed by atoms with E-state index in [0.717, 1.165) is 12.0 Å². The molecule has 0 saturated carbocycles. The Hall–Kier alpha value is -2.33. The molecular formula is C17H17ClN2O2. The maximum atomic E-state index is 11.6. The zero-order valence-electron chi connectivity index (χ0n) is 12.3. The van der Waals surface area contributed by atoms with Crippen LogP contribution in [0.1, 0.15) is 18.1 Å². The van der Waals surface area contributed by atoms with Gasteiger partial charge in [-0.1, -0.05) is 48.9 Å². The van der Waals surface area contributed by atoms with Crippen molar-refractivity contribution in [1.82, 2.24) is 5.43 Å². The summed E-state index contributed by atoms with van der Waals surface area (Å²) in [5.41, 5.74) is 4.36. The number of hydrazone groups is 1. The number of hydrogen-bond donors (Lipinski definition) is 1. The molecule has 0 radical (unpaired) electrons. The fourth-order valence-corrected chi connectivity index (χ4v) is 1.94. The molecule has 0 aromatic heterocycles. The van der Waals surface area contributed by atoms with Crippen LogP contribution in [0.15, 0.2) is 53.6 Å². The zero-order chi connectivity index (χ0) is 15.8. The first-order valence-corrected chi connectivity index (χ1v) is 7.35. The van der Waals surface area contributed by atoms with Crippen LogP contribution < -0.4 is 10.2 Å². The van der Waals surface area contributed by atoms with E-state index in [9.17, 15) is 4.79 Å². The molecule has 5 heteroatoms. The maximum Gasteiger partial charge on any atom is 0.277 e. The summed E-state index contributed by atoms with van der Waals surface area (Å²) in [5.74, 6) is 0.324. The van der Waals surface area contributed by atoms with Crippen molar-refractivity contribution in [1.29, 1.82) is 0 Å². The quantitative estimate of drug-likeness (QED) is 0.655. The van der Waals surface area contributed by atoms with E-state index in [-0.39, 0.29) is 12.5 Å². The van der Waals surface area contributed by atoms with Gasteiger partial charge in [-0.15, -0.1) is 0 Å². The van der Waals surface area contributed by atoms with Gasteiger partial charge < -0.3 is 4.74 Å². The summed E-state index contributed by atoms with van der Waals surface area (Å²) in [6.07, 6.45) is 2.47. The molecule has 0 fully saturated rings. The SMILES string of the molecule is CCc1ccc(OCC(=O)N/N=C\c2ccccc2Cl)cc1. The first kappa shape index (κ1) is 16.0. The molecular weight excluding hydrogens is 300 g/mol. The average Bonchev–Trinajstić information content (AvgIpc) is 2.55. The molecule has 0 spiro atoms. The minimum Gasteiger partial charge on any atom is -0.484 e. The number of benzene rings is 2. The standard InChI is InChI=1S/C17H17ClN2O2/c1-2-13-7-9-15(10-8-13)22-12-17(21)20-19-11-14-5-3-4-6-16(14)18/h3-11H,2,12H2,1H3,(H,20,21)/b19-11-. The summed E-state index contributed by atoms with van der Waals surface area (Å²) in [6.45, 7) is 1.99. The molecule has 0 heterocycles. The molecule has 2 rings (SSSR count). The summed E-state index contributed by atoms with van der Waals surface area (Å²) in [4.78, 5) is 11.6. The van der Waals surface area contributed by atoms with Gasteiger partial charge in [-0.2, -0.15) is 5.10 Å². The van der Waals surface area contributed by atoms with Gasteiger partial charge in [0.25, 0.3) is 5.91 Å². The van der Waals surface area contributed by atoms with Gasteiger partial charge >= 0.3 is 0 Å². The van der Waals surface area contributed by atoms with Crippen LogP contribution in [-0.2, 0) is 11.2 Å². The van der Waals surface area contributed by atoms with E-state index in [2.05, 4.69) is 17.5 Å². The lowest BCUT2D eigenvalue weighted by atomic mass is 10.2. The molecule has 1 N–H and O–H groups in total. The Bertz CT molecular complexity index is 654. The fourth-order valence-electron chi connectivity index (χ4n) is 1.76. The normalized spacial score (nSPS) is 10.6. The topological polar surface area (TPSA) is 50.7 Å². The van der Waals surface area contributed by atoms with Crippen molar-refractivity contribution < 1.29 is 9.53 Å². The van der Waals surface area contributed by atoms with Crippen molar-refractivity contribution in [3.63, 3.8) is 0 Å². The van der Waals surface area contributed by atoms with Crippen molar-refractivity contribution in [3.05, 3.63) is 64.7 Å². The van der Waals surface area contributed by atoms with Gasteiger partial charge in [0.05, 0.1) is 6.21 Å². The Morgan fingerprint density at radius 1 is 1.23 bits per heavy atom. The van der Waals surface area contributed by atoms with Crippen LogP contribution in [0.25, 0.3) is 0 Å². The molecule has 0 aliphatic heterocycles. The third kappa shape index (κ3) is 4.90. The second-order valence-electron chi connectivity index (χ2n) is 4.60. The predicted molar refractivity (Wildman–Crippen MR) is 88.5 cm³/mol. The summed E-state index contributed by atoms with van der Waals surface area (Å²) >= 11 is 5.98. The highest BCUT2D eigenvalue weighted by atomic mass is 35.5. The van der Waals surface area contributed by atoms with Crippen molar-refractivity contribution in [2.24, 2.45) is 5.10 Å². The second kappa shape index (κ2) is 8.20. The number of ether oxygens (including phenoxy) is 1. The highest BCUT2D eigenvalue weighted by Gasteiger charge is 2.01. The summed E-state index contributed by atoms with van der Waals surface area (Å²) < 4.78 is 5.38. The molecule has 0 aliphatic rings. The zero-order valence-corrected chi connectivity index (χ0v) is 13.0. The molecule has 4 nitrogen and oxygen atoms in total. The van der Waals surface area contributed by atoms with Crippen LogP contribution in [0, 0.1) is 0 Å². The molecule has 0 unspecified atom stereocenters. The number of hydrogen-bond acceptors (Lipinski definition) is 3. The summed E-state index contributed by atoms with van der Waals surface area (Å²) in [7, 11) is 0. The largest absolute Gasteiger partial charge is 0.484 e. The van der Waals surface area contributed by atoms with Crippen LogP contribution in [0.4, 0.5) is 0 Å². The van der Waals surface area contributed by atoms with Gasteiger partial charge in [0.2, 0.25) is 0 Å². The number of carbonyl (C=O) groups is 1. The fraction of sp³-hybridized carbons (Fsp3) is 0.176. The lowest BCUT2D eigenvalue weighted by Crippen LogP contribution is -2.24. The molecule has 114 valence electrons. The van der Waals surface area contributed by atoms with Crippen LogP contribution in [0.2, 0.25) is 5.02 Å². The van der Waals surface area contributed by atoms with Gasteiger partial charge in [0.1, 0.15) is 5.75 Å². The summed E-state index contributed by atoms with van der Waals surface area (Å²) in [6, 6.07) is 14.9. The number of carbonyl (C=O) groups excluding carboxylic acids is 1. The van der Waals surface area contributed by atoms with Crippen LogP contribution in [-0.4, -0.2) is 18.7 Å². The Morgan fingerprint density at radius 2 is 1.95 bits per heavy atom. The van der Waals surface area contributed by atoms with Gasteiger partial charge in [-0.25, -0.2) is 5.43 Å². The van der Waals surface area contributed by atoms with E-state index in [4.69, 9.17) is 16.3 Å². The first-order valence-electron chi connectivity index (χ1n) is 6.97. The maximum absolute atomic E-state index is 11.6. The Kier molecular flexibility index (Phi) is 5.98. The van der Waals surface area contributed by atoms with Crippen molar-refractivity contribution in [3.8, 4) is 5.75 Å². The minimum atomic E-state index is -0.331. The minimum absolute atomic E-state index is 0.0919. The molecule has 0 aliphatic carbocycles. The van der Waals surface area contributed by atoms with Crippen LogP contribution >= 0.6 is 11.6 Å². The molecule has 22 heavy (non-hydrogen) atoms. The third-order valence-corrected chi connectivity index (χ3v) is 3.34. The monoisotopic (exact) mass is 316 g/mol. The van der Waals surface area contributed by atoms with E-state index >= 15 is 0 Å². The number of nitrogens with one attached hydrogen (secondary N) is 1. The molecule has 0 bridgehead atoms. The molecule has 0 saturated heterocycles. The number of amides is 1. The van der Waals surface area contributed by atoms with E-state index in [1.54, 1.807) is 6.07 Å². The van der Waals surface area contributed by atoms with Crippen molar-refractivity contribution in [2.45, 2.75) is 13.3 Å². The van der Waals surface area contributed by atoms with Gasteiger partial charge in [0, 0.05) is 10.6 Å². The Labute approximate surface area is 134 Å². The Morgan fingerprint density at radius 3 is 2.64 bits per heavy atom. The summed E-state index contributed by atoms with van der Waals surface area (Å²) in [5, 5.41) is 4.43. The van der Waals surface area contributed by atoms with Crippen LogP contribution in [0.3, 0.4) is 0 Å². The van der Waals surface area contributed by atoms with E-state index in [1.807, 2.05) is 42.5 Å². The van der Waals surface area contributed by atoms with E-state index < -0.39 is 0 Å². The smallest absolute Gasteiger partial charge is 0.277 e. The van der Waals surface area contributed by atoms with Crippen LogP contribution in [0.5, 0.6) is 5.75 Å². The molecule has 2 aromatic rings. The third-order valence-electron chi connectivity index (χ3n) is 3.00. The highest BCUT2D eigenvalue weighted by Crippen LogP contribution is 2.13. The second-order valence-corrected chi connectivity index (χ2v) is 5.01. The van der Waals surface area contributed by atoms with E-state index in [0.29, 0.717) is 10.8 Å². The number of rotatable bonds is 6. The molecule has 1 amide bonds. The van der Waals surface area contributed by atoms with Gasteiger partial charge in [-0.05, 0) is 30.2 Å². The first-order chi connectivity index (χ1) is 10.7. The average molecular weight is 317 g/mol. The molecule has 2 aromatic carbocycles. The molecule has 0 atom stereocenters. The Balaban J connectivity index is 1.79. The van der Waals surface area contributed by atoms with Crippen molar-refractivity contribution in [2.75, 3.05) is 6.61 Å². The highest BCUT2D eigenvalue weighted by molar-refractivity contribution is 6.33. The predicted octanol–water partition coefficient (Wildman–Crippen LogP) is 3.43. The lowest BCUT2D eigenvalue weighted by Gasteiger charge is -2.05.